The fourth-order valence-electron chi connectivity index (χ4n) is 4.12. The number of alkyl halides is 2. The number of halogens is 2. The minimum absolute atomic E-state index is 0.0918. The van der Waals surface area contributed by atoms with E-state index < -0.39 is 12.0 Å². The van der Waals surface area contributed by atoms with Gasteiger partial charge < -0.3 is 4.90 Å². The van der Waals surface area contributed by atoms with Crippen LogP contribution in [-0.4, -0.2) is 78.5 Å². The van der Waals surface area contributed by atoms with E-state index in [1.165, 1.54) is 0 Å². The van der Waals surface area contributed by atoms with Gasteiger partial charge in [-0.1, -0.05) is 0 Å². The lowest BCUT2D eigenvalue weighted by Crippen LogP contribution is -2.59. The van der Waals surface area contributed by atoms with Crippen molar-refractivity contribution in [2.75, 3.05) is 39.8 Å². The van der Waals surface area contributed by atoms with E-state index in [9.17, 15) is 8.78 Å². The van der Waals surface area contributed by atoms with Crippen molar-refractivity contribution in [3.8, 4) is 0 Å². The molecule has 0 aromatic carbocycles. The fourth-order valence-corrected chi connectivity index (χ4v) is 4.12. The Kier molecular flexibility index (Phi) is 6.42. The highest BCUT2D eigenvalue weighted by molar-refractivity contribution is 4.93. The van der Waals surface area contributed by atoms with Gasteiger partial charge in [-0.15, -0.1) is 0 Å². The molecule has 3 nitrogen and oxygen atoms in total. The first kappa shape index (κ1) is 19.1. The molecule has 0 spiro atoms. The van der Waals surface area contributed by atoms with E-state index in [2.05, 4.69) is 18.7 Å². The number of nitrogens with zero attached hydrogens (tertiary/aromatic N) is 3. The summed E-state index contributed by atoms with van der Waals surface area (Å²) >= 11 is 0. The summed E-state index contributed by atoms with van der Waals surface area (Å²) in [6.45, 7) is 12.2. The molecule has 0 aliphatic carbocycles. The van der Waals surface area contributed by atoms with Crippen molar-refractivity contribution in [3.05, 3.63) is 0 Å². The van der Waals surface area contributed by atoms with E-state index in [-0.39, 0.29) is 12.6 Å². The Bertz CT molecular complexity index is 365. The van der Waals surface area contributed by atoms with Gasteiger partial charge in [-0.25, -0.2) is 8.78 Å². The summed E-state index contributed by atoms with van der Waals surface area (Å²) < 4.78 is 29.1. The van der Waals surface area contributed by atoms with Gasteiger partial charge in [-0.2, -0.15) is 0 Å². The molecule has 136 valence electrons. The van der Waals surface area contributed by atoms with E-state index in [0.29, 0.717) is 18.4 Å². The third kappa shape index (κ3) is 4.86. The van der Waals surface area contributed by atoms with E-state index >= 15 is 0 Å². The molecular formula is C18H35F2N3. The molecule has 2 rings (SSSR count). The van der Waals surface area contributed by atoms with Crippen LogP contribution < -0.4 is 0 Å². The third-order valence-corrected chi connectivity index (χ3v) is 5.78. The van der Waals surface area contributed by atoms with Crippen LogP contribution in [-0.2, 0) is 0 Å². The second-order valence-corrected chi connectivity index (χ2v) is 8.14. The van der Waals surface area contributed by atoms with Crippen LogP contribution in [0.25, 0.3) is 0 Å². The van der Waals surface area contributed by atoms with Crippen molar-refractivity contribution in [3.63, 3.8) is 0 Å². The van der Waals surface area contributed by atoms with Crippen LogP contribution in [0.15, 0.2) is 0 Å². The average molecular weight is 331 g/mol. The molecule has 0 radical (unpaired) electrons. The molecule has 0 aromatic rings. The van der Waals surface area contributed by atoms with Gasteiger partial charge in [0, 0.05) is 25.2 Å². The highest BCUT2D eigenvalue weighted by Crippen LogP contribution is 2.32. The SMILES string of the molecule is CC(C)N1CCC(CN(C)C2CCN(C(C)C)CC2(F)F)CC1. The van der Waals surface area contributed by atoms with Crippen LogP contribution in [0.4, 0.5) is 8.78 Å². The molecule has 2 fully saturated rings. The molecule has 0 aromatic heterocycles. The predicted octanol–water partition coefficient (Wildman–Crippen LogP) is 3.16. The third-order valence-electron chi connectivity index (χ3n) is 5.78. The van der Waals surface area contributed by atoms with Gasteiger partial charge in [0.1, 0.15) is 0 Å². The predicted molar refractivity (Wildman–Crippen MR) is 92.1 cm³/mol. The maximum absolute atomic E-state index is 14.6. The fraction of sp³-hybridized carbons (Fsp3) is 1.00. The molecule has 5 heteroatoms. The molecular weight excluding hydrogens is 296 g/mol. The van der Waals surface area contributed by atoms with Crippen molar-refractivity contribution in [2.24, 2.45) is 5.92 Å². The summed E-state index contributed by atoms with van der Waals surface area (Å²) in [5.74, 6) is -2.04. The lowest BCUT2D eigenvalue weighted by atomic mass is 9.92. The van der Waals surface area contributed by atoms with Gasteiger partial charge in [-0.3, -0.25) is 9.80 Å². The molecule has 1 unspecified atom stereocenters. The van der Waals surface area contributed by atoms with E-state index in [1.807, 2.05) is 30.7 Å². The van der Waals surface area contributed by atoms with E-state index in [0.717, 1.165) is 39.0 Å². The summed E-state index contributed by atoms with van der Waals surface area (Å²) in [7, 11) is 1.90. The van der Waals surface area contributed by atoms with E-state index in [1.54, 1.807) is 0 Å². The van der Waals surface area contributed by atoms with Crippen molar-refractivity contribution < 1.29 is 8.78 Å². The molecule has 23 heavy (non-hydrogen) atoms. The zero-order valence-electron chi connectivity index (χ0n) is 15.6. The summed E-state index contributed by atoms with van der Waals surface area (Å²) in [6.07, 6.45) is 2.85. The van der Waals surface area contributed by atoms with Gasteiger partial charge in [-0.05, 0) is 73.0 Å². The molecule has 2 aliphatic rings. The van der Waals surface area contributed by atoms with Crippen LogP contribution in [0, 0.1) is 5.92 Å². The standard InChI is InChI=1S/C18H35F2N3/c1-14(2)22-9-6-16(7-10-22)12-21(5)17-8-11-23(15(3)4)13-18(17,19)20/h14-17H,6-13H2,1-5H3. The van der Waals surface area contributed by atoms with Gasteiger partial charge in [0.2, 0.25) is 0 Å². The zero-order chi connectivity index (χ0) is 17.2. The molecule has 0 N–H and O–H groups in total. The zero-order valence-corrected chi connectivity index (χ0v) is 15.6. The Balaban J connectivity index is 1.85. The summed E-state index contributed by atoms with van der Waals surface area (Å²) in [5, 5.41) is 0. The Morgan fingerprint density at radius 3 is 1.96 bits per heavy atom. The normalized spacial score (nSPS) is 28.2. The topological polar surface area (TPSA) is 9.72 Å². The van der Waals surface area contributed by atoms with Gasteiger partial charge in [0.15, 0.2) is 0 Å². The summed E-state index contributed by atoms with van der Waals surface area (Å²) in [6, 6.07) is 0.200. The Hall–Kier alpha value is -0.260. The average Bonchev–Trinajstić information content (AvgIpc) is 2.46. The van der Waals surface area contributed by atoms with Crippen molar-refractivity contribution in [1.29, 1.82) is 0 Å². The van der Waals surface area contributed by atoms with Crippen LogP contribution in [0.1, 0.15) is 47.0 Å². The molecule has 0 amide bonds. The van der Waals surface area contributed by atoms with Crippen LogP contribution in [0.2, 0.25) is 0 Å². The first-order chi connectivity index (χ1) is 10.7. The monoisotopic (exact) mass is 331 g/mol. The van der Waals surface area contributed by atoms with Crippen molar-refractivity contribution >= 4 is 0 Å². The number of likely N-dealkylation sites (tertiary alicyclic amines) is 2. The van der Waals surface area contributed by atoms with Crippen LogP contribution in [0.5, 0.6) is 0 Å². The molecule has 2 aliphatic heterocycles. The lowest BCUT2D eigenvalue weighted by Gasteiger charge is -2.45. The maximum Gasteiger partial charge on any atom is 0.275 e. The number of rotatable bonds is 5. The van der Waals surface area contributed by atoms with E-state index in [4.69, 9.17) is 0 Å². The first-order valence-corrected chi connectivity index (χ1v) is 9.27. The highest BCUT2D eigenvalue weighted by Gasteiger charge is 2.47. The molecule has 0 bridgehead atoms. The first-order valence-electron chi connectivity index (χ1n) is 9.27. The van der Waals surface area contributed by atoms with Crippen LogP contribution in [0.3, 0.4) is 0 Å². The molecule has 0 saturated carbocycles. The maximum atomic E-state index is 14.6. The van der Waals surface area contributed by atoms with Crippen LogP contribution >= 0.6 is 0 Å². The quantitative estimate of drug-likeness (QED) is 0.766. The van der Waals surface area contributed by atoms with Gasteiger partial charge in [0.05, 0.1) is 12.6 Å². The second-order valence-electron chi connectivity index (χ2n) is 8.14. The minimum atomic E-state index is -2.60. The minimum Gasteiger partial charge on any atom is -0.301 e. The molecule has 1 atom stereocenters. The van der Waals surface area contributed by atoms with Gasteiger partial charge in [0.25, 0.3) is 5.92 Å². The molecule has 2 saturated heterocycles. The highest BCUT2D eigenvalue weighted by atomic mass is 19.3. The largest absolute Gasteiger partial charge is 0.301 e. The Morgan fingerprint density at radius 1 is 0.957 bits per heavy atom. The summed E-state index contributed by atoms with van der Waals surface area (Å²) in [5.41, 5.74) is 0. The second kappa shape index (κ2) is 7.75. The summed E-state index contributed by atoms with van der Waals surface area (Å²) in [4.78, 5) is 6.35. The number of piperidine rings is 2. The number of hydrogen-bond acceptors (Lipinski definition) is 3. The van der Waals surface area contributed by atoms with Crippen molar-refractivity contribution in [1.82, 2.24) is 14.7 Å². The Labute approximate surface area is 141 Å². The lowest BCUT2D eigenvalue weighted by molar-refractivity contribution is -0.130. The smallest absolute Gasteiger partial charge is 0.275 e. The van der Waals surface area contributed by atoms with Gasteiger partial charge >= 0.3 is 0 Å². The molecule has 2 heterocycles. The van der Waals surface area contributed by atoms with Crippen molar-refractivity contribution in [2.45, 2.75) is 71.0 Å². The Morgan fingerprint density at radius 2 is 1.48 bits per heavy atom. The number of hydrogen-bond donors (Lipinski definition) is 0.